The molecule has 0 spiro atoms. The monoisotopic (exact) mass is 643 g/mol. The molecular weight excluding hydrogens is 598 g/mol. The molecule has 8 heteroatoms. The molecule has 0 bridgehead atoms. The second-order valence-corrected chi connectivity index (χ2v) is 12.4. The van der Waals surface area contributed by atoms with Gasteiger partial charge in [-0.25, -0.2) is 0 Å². The fraction of sp³-hybridized carbons (Fsp3) is 0.350. The van der Waals surface area contributed by atoms with Crippen molar-refractivity contribution in [3.05, 3.63) is 108 Å². The molecule has 4 aromatic carbocycles. The number of aliphatic hydroxyl groups excluding tert-OH is 1. The van der Waals surface area contributed by atoms with Crippen molar-refractivity contribution in [3.8, 4) is 45.9 Å². The van der Waals surface area contributed by atoms with E-state index in [-0.39, 0.29) is 6.10 Å². The zero-order valence-electron chi connectivity index (χ0n) is 27.5. The predicted octanol–water partition coefficient (Wildman–Crippen LogP) is 6.09. The van der Waals surface area contributed by atoms with E-state index in [9.17, 15) is 5.11 Å². The first-order valence-corrected chi connectivity index (χ1v) is 16.8. The van der Waals surface area contributed by atoms with Crippen LogP contribution >= 0.6 is 0 Å². The summed E-state index contributed by atoms with van der Waals surface area (Å²) < 4.78 is 11.6. The van der Waals surface area contributed by atoms with Crippen LogP contribution in [-0.4, -0.2) is 79.5 Å². The van der Waals surface area contributed by atoms with Crippen molar-refractivity contribution in [1.29, 1.82) is 10.5 Å². The molecule has 4 aromatic rings. The van der Waals surface area contributed by atoms with Crippen LogP contribution in [0.5, 0.6) is 11.5 Å². The number of ether oxygens (including phenoxy) is 2. The van der Waals surface area contributed by atoms with Gasteiger partial charge in [-0.05, 0) is 103 Å². The molecule has 2 heterocycles. The molecular formula is C40H45N5O3. The third-order valence-corrected chi connectivity index (χ3v) is 8.73. The largest absolute Gasteiger partial charge is 0.494 e. The lowest BCUT2D eigenvalue weighted by Crippen LogP contribution is -2.28. The molecule has 0 aromatic heterocycles. The lowest BCUT2D eigenvalue weighted by atomic mass is 10.0. The van der Waals surface area contributed by atoms with Crippen LogP contribution < -0.4 is 15.2 Å². The molecule has 2 fully saturated rings. The van der Waals surface area contributed by atoms with Crippen molar-refractivity contribution >= 4 is 0 Å². The molecule has 2 aliphatic heterocycles. The molecule has 2 aliphatic rings. The molecule has 0 saturated carbocycles. The Hall–Kier alpha value is -4.70. The summed E-state index contributed by atoms with van der Waals surface area (Å²) in [5, 5.41) is 27.2. The molecule has 0 aliphatic carbocycles. The van der Waals surface area contributed by atoms with Gasteiger partial charge in [-0.2, -0.15) is 10.5 Å². The Bertz CT molecular complexity index is 1500. The highest BCUT2D eigenvalue weighted by atomic mass is 16.5. The van der Waals surface area contributed by atoms with Crippen molar-refractivity contribution in [1.82, 2.24) is 9.80 Å². The Balaban J connectivity index is 0.000000188. The Morgan fingerprint density at radius 3 is 1.35 bits per heavy atom. The Labute approximate surface area is 284 Å². The number of benzene rings is 4. The van der Waals surface area contributed by atoms with Crippen molar-refractivity contribution in [2.75, 3.05) is 52.5 Å². The molecule has 6 rings (SSSR count). The molecule has 2 saturated heterocycles. The number of nitriles is 2. The molecule has 0 unspecified atom stereocenters. The van der Waals surface area contributed by atoms with Gasteiger partial charge in [0.25, 0.3) is 0 Å². The lowest BCUT2D eigenvalue weighted by molar-refractivity contribution is 0.173. The molecule has 48 heavy (non-hydrogen) atoms. The van der Waals surface area contributed by atoms with E-state index >= 15 is 0 Å². The normalized spacial score (nSPS) is 17.6. The summed E-state index contributed by atoms with van der Waals surface area (Å²) in [6, 6.07) is 35.9. The number of nitrogens with two attached hydrogens (primary N) is 1. The van der Waals surface area contributed by atoms with E-state index in [0.717, 1.165) is 105 Å². The van der Waals surface area contributed by atoms with E-state index in [4.69, 9.17) is 25.7 Å². The highest BCUT2D eigenvalue weighted by molar-refractivity contribution is 5.65. The zero-order valence-corrected chi connectivity index (χ0v) is 27.5. The van der Waals surface area contributed by atoms with Crippen molar-refractivity contribution in [2.45, 2.75) is 37.8 Å². The van der Waals surface area contributed by atoms with Crippen molar-refractivity contribution in [2.24, 2.45) is 5.73 Å². The van der Waals surface area contributed by atoms with Gasteiger partial charge in [0, 0.05) is 38.8 Å². The van der Waals surface area contributed by atoms with Crippen LogP contribution in [0.15, 0.2) is 97.1 Å². The second kappa shape index (κ2) is 18.0. The molecule has 0 radical (unpaired) electrons. The van der Waals surface area contributed by atoms with Crippen LogP contribution in [-0.2, 0) is 0 Å². The van der Waals surface area contributed by atoms with E-state index < -0.39 is 0 Å². The Morgan fingerprint density at radius 1 is 0.604 bits per heavy atom. The van der Waals surface area contributed by atoms with Crippen LogP contribution in [0, 0.1) is 22.7 Å². The average molecular weight is 644 g/mol. The zero-order chi connectivity index (χ0) is 33.6. The smallest absolute Gasteiger partial charge is 0.119 e. The average Bonchev–Trinajstić information content (AvgIpc) is 3.76. The highest BCUT2D eigenvalue weighted by Gasteiger charge is 2.19. The van der Waals surface area contributed by atoms with E-state index in [1.807, 2.05) is 84.9 Å². The summed E-state index contributed by atoms with van der Waals surface area (Å²) in [6.07, 6.45) is 3.82. The minimum atomic E-state index is -0.152. The van der Waals surface area contributed by atoms with Gasteiger partial charge in [0.2, 0.25) is 0 Å². The predicted molar refractivity (Wildman–Crippen MR) is 190 cm³/mol. The third-order valence-electron chi connectivity index (χ3n) is 8.73. The van der Waals surface area contributed by atoms with Gasteiger partial charge in [-0.1, -0.05) is 48.5 Å². The van der Waals surface area contributed by atoms with E-state index in [1.165, 1.54) is 0 Å². The maximum Gasteiger partial charge on any atom is 0.119 e. The second-order valence-electron chi connectivity index (χ2n) is 12.4. The summed E-state index contributed by atoms with van der Waals surface area (Å²) in [6.45, 7) is 7.33. The summed E-state index contributed by atoms with van der Waals surface area (Å²) in [7, 11) is 0. The van der Waals surface area contributed by atoms with Gasteiger partial charge in [0.05, 0.1) is 42.6 Å². The number of likely N-dealkylation sites (tertiary alicyclic amines) is 2. The third kappa shape index (κ3) is 10.7. The van der Waals surface area contributed by atoms with Gasteiger partial charge >= 0.3 is 0 Å². The van der Waals surface area contributed by atoms with E-state index in [1.54, 1.807) is 0 Å². The van der Waals surface area contributed by atoms with Crippen molar-refractivity contribution < 1.29 is 14.6 Å². The summed E-state index contributed by atoms with van der Waals surface area (Å²) >= 11 is 0. The highest BCUT2D eigenvalue weighted by Crippen LogP contribution is 2.24. The standard InChI is InChI=1S/C20H23N3O.C20H22N2O2/c21-14-16-2-4-17(5-3-16)18-6-8-20(9-7-18)24-13-1-11-23-12-10-19(22)15-23;21-14-16-2-4-17(5-3-16)18-6-8-20(9-7-18)24-13-1-11-22-12-10-19(23)15-22/h2-9,19H,1,10-13,15,22H2;2-9,19,23H,1,10-13,15H2/t2*19-/m11/s1. The van der Waals surface area contributed by atoms with Crippen LogP contribution in [0.25, 0.3) is 22.3 Å². The maximum atomic E-state index is 9.49. The summed E-state index contributed by atoms with van der Waals surface area (Å²) in [5.74, 6) is 1.76. The minimum absolute atomic E-state index is 0.152. The first-order chi connectivity index (χ1) is 23.5. The van der Waals surface area contributed by atoms with Crippen LogP contribution in [0.4, 0.5) is 0 Å². The maximum absolute atomic E-state index is 9.49. The van der Waals surface area contributed by atoms with E-state index in [2.05, 4.69) is 34.1 Å². The molecule has 3 N–H and O–H groups in total. The van der Waals surface area contributed by atoms with E-state index in [0.29, 0.717) is 23.8 Å². The van der Waals surface area contributed by atoms with Gasteiger partial charge in [-0.15, -0.1) is 0 Å². The van der Waals surface area contributed by atoms with Gasteiger partial charge in [0.1, 0.15) is 11.5 Å². The Morgan fingerprint density at radius 2 is 1.00 bits per heavy atom. The molecule has 2 atom stereocenters. The summed E-state index contributed by atoms with van der Waals surface area (Å²) in [5.41, 5.74) is 11.7. The van der Waals surface area contributed by atoms with Gasteiger partial charge in [-0.3, -0.25) is 0 Å². The number of nitrogens with zero attached hydrogens (tertiary/aromatic N) is 4. The topological polar surface area (TPSA) is 119 Å². The quantitative estimate of drug-likeness (QED) is 0.178. The number of aliphatic hydroxyl groups is 1. The Kier molecular flexibility index (Phi) is 13.0. The number of hydrogen-bond acceptors (Lipinski definition) is 8. The van der Waals surface area contributed by atoms with Crippen molar-refractivity contribution in [3.63, 3.8) is 0 Å². The molecule has 248 valence electrons. The van der Waals surface area contributed by atoms with Crippen LogP contribution in [0.1, 0.15) is 36.8 Å². The van der Waals surface area contributed by atoms with Crippen LogP contribution in [0.3, 0.4) is 0 Å². The first-order valence-electron chi connectivity index (χ1n) is 16.8. The van der Waals surface area contributed by atoms with Crippen LogP contribution in [0.2, 0.25) is 0 Å². The summed E-state index contributed by atoms with van der Waals surface area (Å²) in [4.78, 5) is 4.68. The number of β-amino-alcohol motifs (C(OH)–C–C–N with tert-alkyl or cyclic N) is 1. The fourth-order valence-electron chi connectivity index (χ4n) is 6.00. The van der Waals surface area contributed by atoms with Gasteiger partial charge < -0.3 is 30.1 Å². The SMILES string of the molecule is N#Cc1ccc(-c2ccc(OCCCN3CC[C@@H](N)C3)cc2)cc1.N#Cc1ccc(-c2ccc(OCCCN3CC[C@@H](O)C3)cc2)cc1. The number of hydrogen-bond donors (Lipinski definition) is 2. The first kappa shape index (κ1) is 34.6. The lowest BCUT2D eigenvalue weighted by Gasteiger charge is -2.15. The fourth-order valence-corrected chi connectivity index (χ4v) is 6.00. The molecule has 8 nitrogen and oxygen atoms in total. The van der Waals surface area contributed by atoms with Gasteiger partial charge in [0.15, 0.2) is 0 Å². The molecule has 0 amide bonds. The number of rotatable bonds is 12. The minimum Gasteiger partial charge on any atom is -0.494 e.